The van der Waals surface area contributed by atoms with Crippen molar-refractivity contribution in [1.29, 1.82) is 0 Å². The topological polar surface area (TPSA) is 85.3 Å². The van der Waals surface area contributed by atoms with Crippen LogP contribution < -0.4 is 14.2 Å². The van der Waals surface area contributed by atoms with Crippen LogP contribution in [0.3, 0.4) is 0 Å². The lowest BCUT2D eigenvalue weighted by Crippen LogP contribution is -2.34. The van der Waals surface area contributed by atoms with E-state index in [0.29, 0.717) is 13.1 Å². The number of hydrogen-bond donors (Lipinski definition) is 1. The maximum Gasteiger partial charge on any atom is 0.339 e. The van der Waals surface area contributed by atoms with Gasteiger partial charge < -0.3 is 24.2 Å². The minimum atomic E-state index is -1.19. The van der Waals surface area contributed by atoms with Crippen molar-refractivity contribution in [3.8, 4) is 17.2 Å². The molecule has 172 valence electrons. The van der Waals surface area contributed by atoms with Crippen molar-refractivity contribution in [3.05, 3.63) is 88.4 Å². The van der Waals surface area contributed by atoms with Crippen LogP contribution in [-0.2, 0) is 17.9 Å². The van der Waals surface area contributed by atoms with E-state index in [4.69, 9.17) is 25.8 Å². The van der Waals surface area contributed by atoms with Crippen molar-refractivity contribution < 1.29 is 28.9 Å². The second-order valence-electron chi connectivity index (χ2n) is 7.18. The molecule has 0 saturated carbocycles. The molecule has 3 aromatic rings. The summed E-state index contributed by atoms with van der Waals surface area (Å²) in [6.45, 7) is 0.351. The van der Waals surface area contributed by atoms with E-state index in [1.54, 1.807) is 19.1 Å². The lowest BCUT2D eigenvalue weighted by Gasteiger charge is -2.23. The molecule has 0 fully saturated rings. The Bertz CT molecular complexity index is 1050. The average molecular weight is 470 g/mol. The molecule has 3 rings (SSSR count). The van der Waals surface area contributed by atoms with Gasteiger partial charge in [0.05, 0.1) is 14.2 Å². The summed E-state index contributed by atoms with van der Waals surface area (Å²) in [6.07, 6.45) is 0. The molecule has 0 aromatic heterocycles. The summed E-state index contributed by atoms with van der Waals surface area (Å²) in [5.74, 6) is 0.0356. The number of carboxylic acid groups (broad SMARTS) is 1. The molecule has 33 heavy (non-hydrogen) atoms. The third-order valence-corrected chi connectivity index (χ3v) is 5.18. The van der Waals surface area contributed by atoms with Gasteiger partial charge in [-0.15, -0.1) is 0 Å². The smallest absolute Gasteiger partial charge is 0.339 e. The molecule has 0 spiro atoms. The Morgan fingerprint density at radius 2 is 1.36 bits per heavy atom. The van der Waals surface area contributed by atoms with E-state index < -0.39 is 5.97 Å². The SMILES string of the molecule is COc1ccc(CN(Cc2ccc(OC)cc2)C(=O)COc2ccc(Cl)cc2C(=O)O)cc1. The van der Waals surface area contributed by atoms with Gasteiger partial charge in [-0.05, 0) is 53.6 Å². The number of carbonyl (C=O) groups excluding carboxylic acids is 1. The molecule has 3 aromatic carbocycles. The van der Waals surface area contributed by atoms with Gasteiger partial charge in [-0.2, -0.15) is 0 Å². The van der Waals surface area contributed by atoms with E-state index >= 15 is 0 Å². The zero-order valence-electron chi connectivity index (χ0n) is 18.3. The van der Waals surface area contributed by atoms with Crippen LogP contribution in [0.1, 0.15) is 21.5 Å². The quantitative estimate of drug-likeness (QED) is 0.464. The first kappa shape index (κ1) is 23.9. The van der Waals surface area contributed by atoms with Gasteiger partial charge in [0.15, 0.2) is 6.61 Å². The van der Waals surface area contributed by atoms with Crippen LogP contribution in [0, 0.1) is 0 Å². The molecule has 8 heteroatoms. The van der Waals surface area contributed by atoms with Gasteiger partial charge in [0.1, 0.15) is 22.8 Å². The number of ether oxygens (including phenoxy) is 3. The van der Waals surface area contributed by atoms with Crippen LogP contribution in [0.5, 0.6) is 17.2 Å². The number of carbonyl (C=O) groups is 2. The third kappa shape index (κ3) is 6.63. The number of halogens is 1. The molecule has 0 bridgehead atoms. The maximum atomic E-state index is 13.1. The van der Waals surface area contributed by atoms with E-state index in [0.717, 1.165) is 22.6 Å². The normalized spacial score (nSPS) is 10.4. The summed E-state index contributed by atoms with van der Waals surface area (Å²) >= 11 is 5.89. The highest BCUT2D eigenvalue weighted by molar-refractivity contribution is 6.31. The Labute approximate surface area is 197 Å². The second kappa shape index (κ2) is 11.2. The summed E-state index contributed by atoms with van der Waals surface area (Å²) in [6, 6.07) is 19.1. The highest BCUT2D eigenvalue weighted by Crippen LogP contribution is 2.23. The minimum Gasteiger partial charge on any atom is -0.497 e. The Kier molecular flexibility index (Phi) is 8.16. The van der Waals surface area contributed by atoms with Gasteiger partial charge >= 0.3 is 5.97 Å². The largest absolute Gasteiger partial charge is 0.497 e. The fourth-order valence-electron chi connectivity index (χ4n) is 3.16. The fourth-order valence-corrected chi connectivity index (χ4v) is 3.33. The average Bonchev–Trinajstić information content (AvgIpc) is 2.83. The Hall–Kier alpha value is -3.71. The first-order valence-corrected chi connectivity index (χ1v) is 10.5. The minimum absolute atomic E-state index is 0.0779. The second-order valence-corrected chi connectivity index (χ2v) is 7.62. The van der Waals surface area contributed by atoms with Crippen LogP contribution in [0.15, 0.2) is 66.7 Å². The van der Waals surface area contributed by atoms with Gasteiger partial charge in [-0.3, -0.25) is 4.79 Å². The van der Waals surface area contributed by atoms with Gasteiger partial charge in [0.25, 0.3) is 5.91 Å². The van der Waals surface area contributed by atoms with E-state index in [1.807, 2.05) is 48.5 Å². The standard InChI is InChI=1S/C25H24ClNO6/c1-31-20-8-3-17(4-9-20)14-27(15-18-5-10-21(32-2)11-6-18)24(28)16-33-23-12-7-19(26)13-22(23)25(29)30/h3-13H,14-16H2,1-2H3,(H,29,30). The van der Waals surface area contributed by atoms with Gasteiger partial charge in [-0.25, -0.2) is 4.79 Å². The number of hydrogen-bond acceptors (Lipinski definition) is 5. The lowest BCUT2D eigenvalue weighted by molar-refractivity contribution is -0.134. The van der Waals surface area contributed by atoms with Crippen molar-refractivity contribution in [2.75, 3.05) is 20.8 Å². The van der Waals surface area contributed by atoms with E-state index in [9.17, 15) is 14.7 Å². The first-order chi connectivity index (χ1) is 15.9. The number of rotatable bonds is 10. The van der Waals surface area contributed by atoms with Crippen molar-refractivity contribution in [2.24, 2.45) is 0 Å². The molecule has 1 amide bonds. The summed E-state index contributed by atoms with van der Waals surface area (Å²) in [4.78, 5) is 26.2. The van der Waals surface area contributed by atoms with E-state index in [2.05, 4.69) is 0 Å². The maximum absolute atomic E-state index is 13.1. The van der Waals surface area contributed by atoms with Crippen molar-refractivity contribution in [1.82, 2.24) is 4.90 Å². The lowest BCUT2D eigenvalue weighted by atomic mass is 10.1. The number of benzene rings is 3. The van der Waals surface area contributed by atoms with Crippen LogP contribution in [0.25, 0.3) is 0 Å². The molecular weight excluding hydrogens is 446 g/mol. The van der Waals surface area contributed by atoms with E-state index in [-0.39, 0.29) is 28.8 Å². The molecule has 0 unspecified atom stereocenters. The summed E-state index contributed by atoms with van der Waals surface area (Å²) < 4.78 is 16.0. The van der Waals surface area contributed by atoms with Crippen molar-refractivity contribution in [2.45, 2.75) is 13.1 Å². The Morgan fingerprint density at radius 1 is 0.848 bits per heavy atom. The highest BCUT2D eigenvalue weighted by atomic mass is 35.5. The monoisotopic (exact) mass is 469 g/mol. The van der Waals surface area contributed by atoms with Crippen LogP contribution in [-0.4, -0.2) is 42.7 Å². The Morgan fingerprint density at radius 3 is 1.82 bits per heavy atom. The molecule has 0 heterocycles. The summed E-state index contributed by atoms with van der Waals surface area (Å²) in [7, 11) is 3.18. The third-order valence-electron chi connectivity index (χ3n) is 4.94. The molecule has 0 aliphatic rings. The Balaban J connectivity index is 1.77. The fraction of sp³-hybridized carbons (Fsp3) is 0.200. The molecule has 0 radical (unpaired) electrons. The number of amides is 1. The zero-order chi connectivity index (χ0) is 23.8. The van der Waals surface area contributed by atoms with Gasteiger partial charge in [0.2, 0.25) is 0 Å². The highest BCUT2D eigenvalue weighted by Gasteiger charge is 2.18. The summed E-state index contributed by atoms with van der Waals surface area (Å²) in [5.41, 5.74) is 1.72. The molecule has 1 N–H and O–H groups in total. The number of nitrogens with zero attached hydrogens (tertiary/aromatic N) is 1. The number of aromatic carboxylic acids is 1. The molecule has 0 aliphatic carbocycles. The van der Waals surface area contributed by atoms with Crippen LogP contribution in [0.4, 0.5) is 0 Å². The zero-order valence-corrected chi connectivity index (χ0v) is 19.0. The molecule has 0 saturated heterocycles. The van der Waals surface area contributed by atoms with Crippen LogP contribution >= 0.6 is 11.6 Å². The molecule has 7 nitrogen and oxygen atoms in total. The number of methoxy groups -OCH3 is 2. The van der Waals surface area contributed by atoms with Crippen LogP contribution in [0.2, 0.25) is 5.02 Å². The van der Waals surface area contributed by atoms with Crippen molar-refractivity contribution in [3.63, 3.8) is 0 Å². The number of carboxylic acids is 1. The predicted octanol–water partition coefficient (Wildman–Crippen LogP) is 4.66. The molecule has 0 aliphatic heterocycles. The van der Waals surface area contributed by atoms with E-state index in [1.165, 1.54) is 18.2 Å². The first-order valence-electron chi connectivity index (χ1n) is 10.1. The van der Waals surface area contributed by atoms with Crippen molar-refractivity contribution >= 4 is 23.5 Å². The van der Waals surface area contributed by atoms with Gasteiger partial charge in [0, 0.05) is 18.1 Å². The molecular formula is C25H24ClNO6. The van der Waals surface area contributed by atoms with Gasteiger partial charge in [-0.1, -0.05) is 35.9 Å². The summed E-state index contributed by atoms with van der Waals surface area (Å²) in [5, 5.41) is 9.66. The predicted molar refractivity (Wildman–Crippen MR) is 124 cm³/mol. The molecule has 0 atom stereocenters.